The van der Waals surface area contributed by atoms with E-state index in [0.29, 0.717) is 11.5 Å². The number of aliphatic hydroxyl groups excluding tert-OH is 1. The molecule has 0 bridgehead atoms. The minimum absolute atomic E-state index is 0.0211. The van der Waals surface area contributed by atoms with Crippen LogP contribution in [0.3, 0.4) is 0 Å². The summed E-state index contributed by atoms with van der Waals surface area (Å²) in [4.78, 5) is 2.58. The molecule has 1 aromatic rings. The lowest BCUT2D eigenvalue weighted by Crippen LogP contribution is -2.41. The van der Waals surface area contributed by atoms with Gasteiger partial charge in [-0.05, 0) is 17.7 Å². The molecule has 2 atom stereocenters. The van der Waals surface area contributed by atoms with Crippen molar-refractivity contribution in [3.63, 3.8) is 0 Å². The van der Waals surface area contributed by atoms with E-state index in [1.807, 2.05) is 12.1 Å². The summed E-state index contributed by atoms with van der Waals surface area (Å²) in [6, 6.07) is 7.23. The first-order valence-corrected chi connectivity index (χ1v) is 4.88. The molecule has 2 rings (SSSR count). The van der Waals surface area contributed by atoms with Crippen LogP contribution in [0, 0.1) is 0 Å². The van der Waals surface area contributed by atoms with Gasteiger partial charge >= 0.3 is 0 Å². The van der Waals surface area contributed by atoms with Gasteiger partial charge in [0.25, 0.3) is 0 Å². The molecule has 6 heteroatoms. The molecule has 0 aromatic heterocycles. The van der Waals surface area contributed by atoms with E-state index in [1.165, 1.54) is 0 Å². The molecule has 0 spiro atoms. The van der Waals surface area contributed by atoms with Crippen LogP contribution in [0.5, 0.6) is 11.5 Å². The lowest BCUT2D eigenvalue weighted by Gasteiger charge is -2.28. The lowest BCUT2D eigenvalue weighted by molar-refractivity contribution is -0.00524. The maximum absolute atomic E-state index is 9.66. The van der Waals surface area contributed by atoms with Gasteiger partial charge < -0.3 is 14.6 Å². The second kappa shape index (κ2) is 4.74. The predicted octanol–water partition coefficient (Wildman–Crippen LogP) is 1.50. The van der Waals surface area contributed by atoms with E-state index in [9.17, 15) is 5.11 Å². The van der Waals surface area contributed by atoms with Crippen molar-refractivity contribution in [2.75, 3.05) is 13.2 Å². The number of aliphatic hydroxyl groups is 1. The number of benzene rings is 1. The van der Waals surface area contributed by atoms with Crippen LogP contribution in [-0.4, -0.2) is 30.5 Å². The Kier molecular flexibility index (Phi) is 3.14. The van der Waals surface area contributed by atoms with Crippen LogP contribution in [0.15, 0.2) is 29.4 Å². The highest BCUT2D eigenvalue weighted by atomic mass is 16.6. The lowest BCUT2D eigenvalue weighted by atomic mass is 10.2. The van der Waals surface area contributed by atoms with Gasteiger partial charge in [-0.1, -0.05) is 17.2 Å². The Bertz CT molecular complexity index is 418. The van der Waals surface area contributed by atoms with Crippen molar-refractivity contribution in [3.05, 3.63) is 34.7 Å². The van der Waals surface area contributed by atoms with Gasteiger partial charge in [-0.25, -0.2) is 0 Å². The van der Waals surface area contributed by atoms with Crippen molar-refractivity contribution < 1.29 is 14.6 Å². The van der Waals surface area contributed by atoms with E-state index in [1.54, 1.807) is 12.1 Å². The van der Waals surface area contributed by atoms with Crippen LogP contribution in [0.2, 0.25) is 0 Å². The van der Waals surface area contributed by atoms with Crippen molar-refractivity contribution in [1.29, 1.82) is 0 Å². The van der Waals surface area contributed by atoms with E-state index < -0.39 is 12.2 Å². The van der Waals surface area contributed by atoms with E-state index in [0.717, 1.165) is 0 Å². The molecule has 2 unspecified atom stereocenters. The molecule has 0 aliphatic carbocycles. The van der Waals surface area contributed by atoms with E-state index >= 15 is 0 Å². The SMILES string of the molecule is [N-]=[N+]=NCC(O)C1COc2ccccc2O1. The highest BCUT2D eigenvalue weighted by molar-refractivity contribution is 5.40. The number of hydrogen-bond donors (Lipinski definition) is 1. The fourth-order valence-corrected chi connectivity index (χ4v) is 1.46. The molecule has 1 aromatic carbocycles. The number of azide groups is 1. The number of fused-ring (bicyclic) bond motifs is 1. The molecular formula is C10H11N3O3. The fraction of sp³-hybridized carbons (Fsp3) is 0.400. The quantitative estimate of drug-likeness (QED) is 0.476. The van der Waals surface area contributed by atoms with Crippen molar-refractivity contribution >= 4 is 0 Å². The van der Waals surface area contributed by atoms with Crippen molar-refractivity contribution in [1.82, 2.24) is 0 Å². The van der Waals surface area contributed by atoms with Gasteiger partial charge in [-0.3, -0.25) is 0 Å². The van der Waals surface area contributed by atoms with Gasteiger partial charge in [0.15, 0.2) is 17.6 Å². The first-order chi connectivity index (χ1) is 7.81. The summed E-state index contributed by atoms with van der Waals surface area (Å²) >= 11 is 0. The molecule has 0 radical (unpaired) electrons. The minimum atomic E-state index is -0.857. The minimum Gasteiger partial charge on any atom is -0.486 e. The summed E-state index contributed by atoms with van der Waals surface area (Å²) in [5.41, 5.74) is 8.15. The van der Waals surface area contributed by atoms with Gasteiger partial charge in [0.05, 0.1) is 12.6 Å². The summed E-state index contributed by atoms with van der Waals surface area (Å²) in [5.74, 6) is 1.26. The average molecular weight is 221 g/mol. The van der Waals surface area contributed by atoms with Gasteiger partial charge in [0.2, 0.25) is 0 Å². The van der Waals surface area contributed by atoms with E-state index in [-0.39, 0.29) is 13.2 Å². The number of hydrogen-bond acceptors (Lipinski definition) is 4. The second-order valence-corrected chi connectivity index (χ2v) is 3.39. The Morgan fingerprint density at radius 3 is 3.00 bits per heavy atom. The number of rotatable bonds is 3. The fourth-order valence-electron chi connectivity index (χ4n) is 1.46. The van der Waals surface area contributed by atoms with Crippen LogP contribution in [0.4, 0.5) is 0 Å². The molecule has 1 N–H and O–H groups in total. The Morgan fingerprint density at radius 2 is 2.25 bits per heavy atom. The summed E-state index contributed by atoms with van der Waals surface area (Å²) in [7, 11) is 0. The summed E-state index contributed by atoms with van der Waals surface area (Å²) in [6.07, 6.45) is -1.36. The molecule has 1 aliphatic rings. The van der Waals surface area contributed by atoms with Crippen LogP contribution >= 0.6 is 0 Å². The Hall–Kier alpha value is -1.91. The maximum atomic E-state index is 9.66. The largest absolute Gasteiger partial charge is 0.486 e. The molecule has 1 aliphatic heterocycles. The summed E-state index contributed by atoms with van der Waals surface area (Å²) < 4.78 is 10.9. The van der Waals surface area contributed by atoms with Crippen molar-refractivity contribution in [3.8, 4) is 11.5 Å². The van der Waals surface area contributed by atoms with Crippen molar-refractivity contribution in [2.45, 2.75) is 12.2 Å². The van der Waals surface area contributed by atoms with Crippen LogP contribution in [0.1, 0.15) is 0 Å². The van der Waals surface area contributed by atoms with E-state index in [2.05, 4.69) is 10.0 Å². The maximum Gasteiger partial charge on any atom is 0.161 e. The van der Waals surface area contributed by atoms with Crippen LogP contribution in [-0.2, 0) is 0 Å². The molecule has 0 saturated carbocycles. The van der Waals surface area contributed by atoms with Gasteiger partial charge in [-0.15, -0.1) is 0 Å². The highest BCUT2D eigenvalue weighted by Gasteiger charge is 2.26. The normalized spacial score (nSPS) is 19.7. The van der Waals surface area contributed by atoms with Crippen molar-refractivity contribution in [2.24, 2.45) is 5.11 Å². The second-order valence-electron chi connectivity index (χ2n) is 3.39. The molecular weight excluding hydrogens is 210 g/mol. The molecule has 0 amide bonds. The van der Waals surface area contributed by atoms with Crippen LogP contribution < -0.4 is 9.47 Å². The topological polar surface area (TPSA) is 87.5 Å². The number of para-hydroxylation sites is 2. The third-order valence-electron chi connectivity index (χ3n) is 2.29. The highest BCUT2D eigenvalue weighted by Crippen LogP contribution is 2.31. The van der Waals surface area contributed by atoms with Gasteiger partial charge in [-0.2, -0.15) is 0 Å². The predicted molar refractivity (Wildman–Crippen MR) is 56.4 cm³/mol. The third-order valence-corrected chi connectivity index (χ3v) is 2.29. The first-order valence-electron chi connectivity index (χ1n) is 4.88. The molecule has 16 heavy (non-hydrogen) atoms. The van der Waals surface area contributed by atoms with Crippen LogP contribution in [0.25, 0.3) is 10.4 Å². The average Bonchev–Trinajstić information content (AvgIpc) is 2.35. The molecule has 0 saturated heterocycles. The number of nitrogens with zero attached hydrogens (tertiary/aromatic N) is 3. The molecule has 0 fully saturated rings. The molecule has 6 nitrogen and oxygen atoms in total. The Labute approximate surface area is 92.0 Å². The number of ether oxygens (including phenoxy) is 2. The standard InChI is InChI=1S/C10H11N3O3/c11-13-12-5-7(14)10-6-15-8-3-1-2-4-9(8)16-10/h1-4,7,10,14H,5-6H2. The summed E-state index contributed by atoms with van der Waals surface area (Å²) in [6.45, 7) is 0.228. The van der Waals surface area contributed by atoms with E-state index in [4.69, 9.17) is 15.0 Å². The van der Waals surface area contributed by atoms with Gasteiger partial charge in [0, 0.05) is 4.91 Å². The zero-order chi connectivity index (χ0) is 11.4. The summed E-state index contributed by atoms with van der Waals surface area (Å²) in [5, 5.41) is 13.0. The monoisotopic (exact) mass is 221 g/mol. The zero-order valence-corrected chi connectivity index (χ0v) is 8.48. The smallest absolute Gasteiger partial charge is 0.161 e. The van der Waals surface area contributed by atoms with Gasteiger partial charge in [0.1, 0.15) is 6.61 Å². The first kappa shape index (κ1) is 10.6. The third kappa shape index (κ3) is 2.18. The Morgan fingerprint density at radius 1 is 1.50 bits per heavy atom. The molecule has 84 valence electrons. The Balaban J connectivity index is 2.04. The molecule has 1 heterocycles. The zero-order valence-electron chi connectivity index (χ0n) is 8.48.